The third-order valence-electron chi connectivity index (χ3n) is 3.74. The van der Waals surface area contributed by atoms with Gasteiger partial charge in [0.1, 0.15) is 5.82 Å². The molecule has 0 aliphatic carbocycles. The second-order valence-corrected chi connectivity index (χ2v) is 5.53. The minimum atomic E-state index is 0.247. The van der Waals surface area contributed by atoms with Gasteiger partial charge in [0.25, 0.3) is 0 Å². The van der Waals surface area contributed by atoms with Crippen LogP contribution in [0.4, 0.5) is 5.82 Å². The van der Waals surface area contributed by atoms with E-state index in [4.69, 9.17) is 10.7 Å². The smallest absolute Gasteiger partial charge is 0.163 e. The molecule has 5 nitrogen and oxygen atoms in total. The van der Waals surface area contributed by atoms with E-state index in [2.05, 4.69) is 27.9 Å². The molecule has 0 radical (unpaired) electrons. The van der Waals surface area contributed by atoms with Crippen LogP contribution in [0, 0.1) is 0 Å². The summed E-state index contributed by atoms with van der Waals surface area (Å²) in [6.45, 7) is 4.00. The molecule has 2 aromatic rings. The van der Waals surface area contributed by atoms with Crippen LogP contribution in [0.15, 0.2) is 30.6 Å². The van der Waals surface area contributed by atoms with Crippen LogP contribution >= 0.6 is 0 Å². The molecule has 0 saturated carbocycles. The van der Waals surface area contributed by atoms with E-state index in [-0.39, 0.29) is 6.04 Å². The molecule has 2 aromatic heterocycles. The Morgan fingerprint density at radius 3 is 2.95 bits per heavy atom. The van der Waals surface area contributed by atoms with Crippen molar-refractivity contribution in [2.45, 2.75) is 32.2 Å². The van der Waals surface area contributed by atoms with Crippen LogP contribution in [0.5, 0.6) is 0 Å². The molecule has 1 unspecified atom stereocenters. The maximum absolute atomic E-state index is 6.01. The molecule has 5 heteroatoms. The van der Waals surface area contributed by atoms with Gasteiger partial charge < -0.3 is 10.6 Å². The second kappa shape index (κ2) is 6.18. The highest BCUT2D eigenvalue weighted by Crippen LogP contribution is 2.23. The van der Waals surface area contributed by atoms with Crippen LogP contribution in [0.3, 0.4) is 0 Å². The first kappa shape index (κ1) is 13.9. The highest BCUT2D eigenvalue weighted by atomic mass is 15.2. The van der Waals surface area contributed by atoms with Crippen molar-refractivity contribution in [1.82, 2.24) is 15.0 Å². The van der Waals surface area contributed by atoms with E-state index in [0.29, 0.717) is 0 Å². The molecule has 1 saturated heterocycles. The number of hydrogen-bond donors (Lipinski definition) is 1. The van der Waals surface area contributed by atoms with Gasteiger partial charge in [0.2, 0.25) is 0 Å². The zero-order valence-electron chi connectivity index (χ0n) is 12.4. The number of nitrogens with two attached hydrogens (primary N) is 1. The second-order valence-electron chi connectivity index (χ2n) is 5.53. The van der Waals surface area contributed by atoms with Crippen LogP contribution in [0.1, 0.15) is 25.5 Å². The minimum absolute atomic E-state index is 0.247. The van der Waals surface area contributed by atoms with Gasteiger partial charge in [-0.1, -0.05) is 13.3 Å². The lowest BCUT2D eigenvalue weighted by Crippen LogP contribution is -2.27. The predicted molar refractivity (Wildman–Crippen MR) is 84.1 cm³/mol. The fourth-order valence-electron chi connectivity index (χ4n) is 2.65. The van der Waals surface area contributed by atoms with E-state index in [9.17, 15) is 0 Å². The lowest BCUT2D eigenvalue weighted by atomic mass is 10.2. The van der Waals surface area contributed by atoms with E-state index in [1.54, 1.807) is 6.20 Å². The van der Waals surface area contributed by atoms with Gasteiger partial charge >= 0.3 is 0 Å². The van der Waals surface area contributed by atoms with E-state index in [0.717, 1.165) is 55.3 Å². The van der Waals surface area contributed by atoms with Crippen LogP contribution in [0.2, 0.25) is 0 Å². The Balaban J connectivity index is 1.98. The Hall–Kier alpha value is -2.01. The molecular formula is C16H21N5. The molecule has 110 valence electrons. The van der Waals surface area contributed by atoms with Crippen molar-refractivity contribution >= 4 is 5.82 Å². The van der Waals surface area contributed by atoms with Crippen LogP contribution < -0.4 is 10.6 Å². The molecule has 1 aliphatic heterocycles. The molecule has 1 atom stereocenters. The largest absolute Gasteiger partial charge is 0.355 e. The van der Waals surface area contributed by atoms with Gasteiger partial charge in [-0.05, 0) is 25.0 Å². The number of hydrogen-bond acceptors (Lipinski definition) is 5. The Morgan fingerprint density at radius 1 is 1.38 bits per heavy atom. The molecule has 0 bridgehead atoms. The summed E-state index contributed by atoms with van der Waals surface area (Å²) in [5.74, 6) is 1.74. The van der Waals surface area contributed by atoms with E-state index in [1.165, 1.54) is 0 Å². The summed E-state index contributed by atoms with van der Waals surface area (Å²) in [5.41, 5.74) is 8.06. The summed E-state index contributed by atoms with van der Waals surface area (Å²) in [5, 5.41) is 0. The van der Waals surface area contributed by atoms with Crippen LogP contribution in [0.25, 0.3) is 11.4 Å². The molecule has 21 heavy (non-hydrogen) atoms. The molecule has 3 heterocycles. The van der Waals surface area contributed by atoms with Gasteiger partial charge in [0, 0.05) is 48.8 Å². The Kier molecular flexibility index (Phi) is 4.10. The van der Waals surface area contributed by atoms with Crippen molar-refractivity contribution in [3.05, 3.63) is 36.3 Å². The van der Waals surface area contributed by atoms with Crippen molar-refractivity contribution in [2.75, 3.05) is 18.0 Å². The van der Waals surface area contributed by atoms with E-state index < -0.39 is 0 Å². The van der Waals surface area contributed by atoms with Crippen LogP contribution in [-0.4, -0.2) is 34.1 Å². The quantitative estimate of drug-likeness (QED) is 0.930. The fourth-order valence-corrected chi connectivity index (χ4v) is 2.65. The van der Waals surface area contributed by atoms with E-state index in [1.807, 2.05) is 18.3 Å². The molecule has 0 amide bonds. The summed E-state index contributed by atoms with van der Waals surface area (Å²) in [7, 11) is 0. The van der Waals surface area contributed by atoms with Crippen molar-refractivity contribution in [3.8, 4) is 11.4 Å². The Morgan fingerprint density at radius 2 is 2.29 bits per heavy atom. The number of anilines is 1. The van der Waals surface area contributed by atoms with Gasteiger partial charge in [-0.2, -0.15) is 0 Å². The summed E-state index contributed by atoms with van der Waals surface area (Å²) < 4.78 is 0. The fraction of sp³-hybridized carbons (Fsp3) is 0.438. The standard InChI is InChI=1S/C16H21N5/c1-2-4-14-9-15(21-8-6-13(17)11-21)20-16(19-14)12-5-3-7-18-10-12/h3,5,7,9-10,13H,2,4,6,8,11,17H2,1H3. The molecule has 1 aliphatic rings. The topological polar surface area (TPSA) is 67.9 Å². The van der Waals surface area contributed by atoms with E-state index >= 15 is 0 Å². The maximum Gasteiger partial charge on any atom is 0.163 e. The average molecular weight is 283 g/mol. The monoisotopic (exact) mass is 283 g/mol. The minimum Gasteiger partial charge on any atom is -0.355 e. The summed E-state index contributed by atoms with van der Waals surface area (Å²) in [6.07, 6.45) is 6.63. The van der Waals surface area contributed by atoms with Gasteiger partial charge in [-0.25, -0.2) is 9.97 Å². The molecule has 3 rings (SSSR count). The lowest BCUT2D eigenvalue weighted by molar-refractivity contribution is 0.751. The van der Waals surface area contributed by atoms with Gasteiger partial charge in [-0.15, -0.1) is 0 Å². The van der Waals surface area contributed by atoms with Crippen LogP contribution in [-0.2, 0) is 6.42 Å². The Labute approximate surface area is 125 Å². The van der Waals surface area contributed by atoms with Gasteiger partial charge in [-0.3, -0.25) is 4.98 Å². The zero-order chi connectivity index (χ0) is 14.7. The number of aromatic nitrogens is 3. The third-order valence-corrected chi connectivity index (χ3v) is 3.74. The summed E-state index contributed by atoms with van der Waals surface area (Å²) in [4.78, 5) is 15.8. The molecule has 1 fully saturated rings. The first-order chi connectivity index (χ1) is 10.3. The molecular weight excluding hydrogens is 262 g/mol. The number of nitrogens with zero attached hydrogens (tertiary/aromatic N) is 4. The van der Waals surface area contributed by atoms with Gasteiger partial charge in [0.05, 0.1) is 0 Å². The lowest BCUT2D eigenvalue weighted by Gasteiger charge is -2.18. The van der Waals surface area contributed by atoms with Gasteiger partial charge in [0.15, 0.2) is 5.82 Å². The van der Waals surface area contributed by atoms with Crippen molar-refractivity contribution in [2.24, 2.45) is 5.73 Å². The maximum atomic E-state index is 6.01. The predicted octanol–water partition coefficient (Wildman–Crippen LogP) is 2.03. The summed E-state index contributed by atoms with van der Waals surface area (Å²) in [6, 6.07) is 6.26. The highest BCUT2D eigenvalue weighted by molar-refractivity contribution is 5.57. The van der Waals surface area contributed by atoms with Crippen molar-refractivity contribution in [3.63, 3.8) is 0 Å². The summed E-state index contributed by atoms with van der Waals surface area (Å²) >= 11 is 0. The first-order valence-corrected chi connectivity index (χ1v) is 7.55. The number of aryl methyl sites for hydroxylation is 1. The third kappa shape index (κ3) is 3.19. The SMILES string of the molecule is CCCc1cc(N2CCC(N)C2)nc(-c2cccnc2)n1. The van der Waals surface area contributed by atoms with Crippen molar-refractivity contribution in [1.29, 1.82) is 0 Å². The number of rotatable bonds is 4. The normalized spacial score (nSPS) is 18.2. The molecule has 2 N–H and O–H groups in total. The Bertz CT molecular complexity index is 599. The highest BCUT2D eigenvalue weighted by Gasteiger charge is 2.21. The molecule has 0 aromatic carbocycles. The number of pyridine rings is 1. The first-order valence-electron chi connectivity index (χ1n) is 7.55. The van der Waals surface area contributed by atoms with Crippen molar-refractivity contribution < 1.29 is 0 Å². The average Bonchev–Trinajstić information content (AvgIpc) is 2.95. The zero-order valence-corrected chi connectivity index (χ0v) is 12.4. The molecule has 0 spiro atoms.